The van der Waals surface area contributed by atoms with E-state index < -0.39 is 11.9 Å². The van der Waals surface area contributed by atoms with E-state index in [4.69, 9.17) is 0 Å². The average molecular weight is 238 g/mol. The Morgan fingerprint density at radius 3 is 2.47 bits per heavy atom. The molecule has 1 N–H and O–H groups in total. The third-order valence-corrected chi connectivity index (χ3v) is 2.71. The molecule has 0 atom stereocenters. The Morgan fingerprint density at radius 2 is 2.00 bits per heavy atom. The Balaban J connectivity index is 2.87. The summed E-state index contributed by atoms with van der Waals surface area (Å²) in [6.45, 7) is 5.58. The number of hydrogen-bond donors (Lipinski definition) is 1. The third-order valence-electron chi connectivity index (χ3n) is 1.74. The molecule has 15 heavy (non-hydrogen) atoms. The van der Waals surface area contributed by atoms with E-state index >= 15 is 0 Å². The van der Waals surface area contributed by atoms with Gasteiger partial charge in [0, 0.05) is 12.6 Å². The van der Waals surface area contributed by atoms with Gasteiger partial charge in [0.05, 0.1) is 9.88 Å². The highest BCUT2D eigenvalue weighted by atomic mass is 32.1. The first-order chi connectivity index (χ1) is 6.80. The van der Waals surface area contributed by atoms with Gasteiger partial charge in [-0.2, -0.15) is 13.2 Å². The summed E-state index contributed by atoms with van der Waals surface area (Å²) in [5, 5.41) is 3.41. The van der Waals surface area contributed by atoms with E-state index in [0.717, 1.165) is 11.3 Å². The lowest BCUT2D eigenvalue weighted by Gasteiger charge is -2.09. The zero-order valence-corrected chi connectivity index (χ0v) is 9.59. The van der Waals surface area contributed by atoms with Crippen LogP contribution >= 0.6 is 11.3 Å². The van der Waals surface area contributed by atoms with Crippen LogP contribution in [0.1, 0.15) is 29.4 Å². The zero-order chi connectivity index (χ0) is 11.6. The summed E-state index contributed by atoms with van der Waals surface area (Å²) in [5.74, 6) is 0. The molecule has 1 aromatic rings. The molecule has 1 rings (SSSR count). The molecule has 0 saturated heterocycles. The summed E-state index contributed by atoms with van der Waals surface area (Å²) in [6.07, 6.45) is -4.35. The van der Waals surface area contributed by atoms with Crippen LogP contribution in [0.4, 0.5) is 13.2 Å². The fourth-order valence-electron chi connectivity index (χ4n) is 1.11. The van der Waals surface area contributed by atoms with Crippen molar-refractivity contribution in [2.24, 2.45) is 0 Å². The van der Waals surface area contributed by atoms with Crippen LogP contribution in [-0.4, -0.2) is 11.0 Å². The molecule has 0 saturated carbocycles. The predicted molar refractivity (Wildman–Crippen MR) is 53.8 cm³/mol. The van der Waals surface area contributed by atoms with Crippen LogP contribution in [0.2, 0.25) is 0 Å². The van der Waals surface area contributed by atoms with Gasteiger partial charge in [-0.15, -0.1) is 11.3 Å². The summed E-state index contributed by atoms with van der Waals surface area (Å²) in [5.41, 5.74) is -0.752. The molecule has 6 heteroatoms. The van der Waals surface area contributed by atoms with E-state index in [-0.39, 0.29) is 17.5 Å². The van der Waals surface area contributed by atoms with Crippen LogP contribution < -0.4 is 5.32 Å². The van der Waals surface area contributed by atoms with Crippen molar-refractivity contribution >= 4 is 11.3 Å². The number of rotatable bonds is 3. The van der Waals surface area contributed by atoms with Crippen molar-refractivity contribution in [3.05, 3.63) is 15.6 Å². The summed E-state index contributed by atoms with van der Waals surface area (Å²) in [7, 11) is 0. The van der Waals surface area contributed by atoms with E-state index in [2.05, 4.69) is 10.3 Å². The van der Waals surface area contributed by atoms with Gasteiger partial charge in [0.25, 0.3) is 0 Å². The molecule has 0 fully saturated rings. The molecule has 0 amide bonds. The number of aromatic nitrogens is 1. The fourth-order valence-corrected chi connectivity index (χ4v) is 2.01. The van der Waals surface area contributed by atoms with Gasteiger partial charge >= 0.3 is 6.18 Å². The first-order valence-corrected chi connectivity index (χ1v) is 5.39. The fraction of sp³-hybridized carbons (Fsp3) is 0.667. The maximum Gasteiger partial charge on any atom is 0.434 e. The molecule has 0 aliphatic carbocycles. The standard InChI is InChI=1S/C9H13F3N2S/c1-5(2)13-4-7-8(9(10,11)12)14-6(3)15-7/h5,13H,4H2,1-3H3. The minimum absolute atomic E-state index is 0.161. The van der Waals surface area contributed by atoms with E-state index in [0.29, 0.717) is 5.01 Å². The molecular formula is C9H13F3N2S. The van der Waals surface area contributed by atoms with Crippen LogP contribution in [0.3, 0.4) is 0 Å². The molecule has 0 bridgehead atoms. The number of nitrogens with one attached hydrogen (secondary N) is 1. The number of thiazole rings is 1. The van der Waals surface area contributed by atoms with Gasteiger partial charge in [-0.25, -0.2) is 4.98 Å². The normalized spacial score (nSPS) is 12.5. The highest BCUT2D eigenvalue weighted by molar-refractivity contribution is 7.11. The van der Waals surface area contributed by atoms with Crippen molar-refractivity contribution in [1.82, 2.24) is 10.3 Å². The lowest BCUT2D eigenvalue weighted by Crippen LogP contribution is -2.23. The smallest absolute Gasteiger partial charge is 0.310 e. The second-order valence-corrected chi connectivity index (χ2v) is 4.83. The van der Waals surface area contributed by atoms with Gasteiger partial charge in [0.15, 0.2) is 5.69 Å². The van der Waals surface area contributed by atoms with Gasteiger partial charge in [0.1, 0.15) is 0 Å². The average Bonchev–Trinajstić information content (AvgIpc) is 2.42. The number of aryl methyl sites for hydroxylation is 1. The van der Waals surface area contributed by atoms with Crippen LogP contribution in [0.5, 0.6) is 0 Å². The number of nitrogens with zero attached hydrogens (tertiary/aromatic N) is 1. The zero-order valence-electron chi connectivity index (χ0n) is 8.77. The topological polar surface area (TPSA) is 24.9 Å². The summed E-state index contributed by atoms with van der Waals surface area (Å²) in [6, 6.07) is 0.161. The number of halogens is 3. The number of alkyl halides is 3. The first-order valence-electron chi connectivity index (χ1n) is 4.57. The van der Waals surface area contributed by atoms with Gasteiger partial charge < -0.3 is 5.32 Å². The van der Waals surface area contributed by atoms with E-state index in [1.807, 2.05) is 13.8 Å². The Hall–Kier alpha value is -0.620. The largest absolute Gasteiger partial charge is 0.434 e. The summed E-state index contributed by atoms with van der Waals surface area (Å²) < 4.78 is 37.5. The Labute approximate surface area is 90.5 Å². The summed E-state index contributed by atoms with van der Waals surface area (Å²) >= 11 is 1.09. The second-order valence-electron chi connectivity index (χ2n) is 3.54. The highest BCUT2D eigenvalue weighted by Gasteiger charge is 2.36. The molecule has 2 nitrogen and oxygen atoms in total. The van der Waals surface area contributed by atoms with Crippen LogP contribution in [-0.2, 0) is 12.7 Å². The molecule has 1 heterocycles. The van der Waals surface area contributed by atoms with Crippen molar-refractivity contribution in [3.8, 4) is 0 Å². The minimum Gasteiger partial charge on any atom is -0.310 e. The molecule has 0 unspecified atom stereocenters. The van der Waals surface area contributed by atoms with Crippen LogP contribution in [0.25, 0.3) is 0 Å². The first kappa shape index (κ1) is 12.4. The number of hydrogen-bond acceptors (Lipinski definition) is 3. The lowest BCUT2D eigenvalue weighted by molar-refractivity contribution is -0.141. The molecule has 0 aromatic carbocycles. The van der Waals surface area contributed by atoms with Gasteiger partial charge in [0.2, 0.25) is 0 Å². The monoisotopic (exact) mass is 238 g/mol. The summed E-state index contributed by atoms with van der Waals surface area (Å²) in [4.78, 5) is 3.77. The van der Waals surface area contributed by atoms with E-state index in [1.165, 1.54) is 0 Å². The Bertz CT molecular complexity index is 331. The SMILES string of the molecule is Cc1nc(C(F)(F)F)c(CNC(C)C)s1. The van der Waals surface area contributed by atoms with E-state index in [9.17, 15) is 13.2 Å². The lowest BCUT2D eigenvalue weighted by atomic mass is 10.3. The van der Waals surface area contributed by atoms with Gasteiger partial charge in [-0.05, 0) is 6.92 Å². The molecular weight excluding hydrogens is 225 g/mol. The van der Waals surface area contributed by atoms with Crippen molar-refractivity contribution in [2.45, 2.75) is 39.5 Å². The third kappa shape index (κ3) is 3.46. The Kier molecular flexibility index (Phi) is 3.72. The molecule has 0 aliphatic rings. The van der Waals surface area contributed by atoms with Crippen molar-refractivity contribution < 1.29 is 13.2 Å². The van der Waals surface area contributed by atoms with Crippen molar-refractivity contribution in [3.63, 3.8) is 0 Å². The molecule has 0 spiro atoms. The van der Waals surface area contributed by atoms with Crippen LogP contribution in [0, 0.1) is 6.92 Å². The quantitative estimate of drug-likeness (QED) is 0.875. The molecule has 1 aromatic heterocycles. The highest BCUT2D eigenvalue weighted by Crippen LogP contribution is 2.34. The van der Waals surface area contributed by atoms with Crippen molar-refractivity contribution in [1.29, 1.82) is 0 Å². The maximum atomic E-state index is 12.5. The minimum atomic E-state index is -4.35. The molecule has 86 valence electrons. The predicted octanol–water partition coefficient (Wildman–Crippen LogP) is 2.97. The van der Waals surface area contributed by atoms with Crippen LogP contribution in [0.15, 0.2) is 0 Å². The van der Waals surface area contributed by atoms with Gasteiger partial charge in [-0.3, -0.25) is 0 Å². The Morgan fingerprint density at radius 1 is 1.40 bits per heavy atom. The van der Waals surface area contributed by atoms with E-state index in [1.54, 1.807) is 6.92 Å². The molecule has 0 aliphatic heterocycles. The second kappa shape index (κ2) is 4.49. The molecule has 0 radical (unpaired) electrons. The van der Waals surface area contributed by atoms with Crippen molar-refractivity contribution in [2.75, 3.05) is 0 Å². The van der Waals surface area contributed by atoms with Gasteiger partial charge in [-0.1, -0.05) is 13.8 Å². The maximum absolute atomic E-state index is 12.5.